The van der Waals surface area contributed by atoms with Crippen molar-refractivity contribution in [3.05, 3.63) is 63.6 Å². The minimum Gasteiger partial charge on any atom is -0.483 e. The molecule has 1 saturated carbocycles. The van der Waals surface area contributed by atoms with Gasteiger partial charge in [-0.05, 0) is 77.9 Å². The number of amides is 2. The molecule has 0 unspecified atom stereocenters. The first-order valence-corrected chi connectivity index (χ1v) is 12.2. The van der Waals surface area contributed by atoms with E-state index in [4.69, 9.17) is 4.74 Å². The van der Waals surface area contributed by atoms with Crippen molar-refractivity contribution in [3.8, 4) is 5.75 Å². The van der Waals surface area contributed by atoms with E-state index in [0.29, 0.717) is 12.3 Å². The fourth-order valence-electron chi connectivity index (χ4n) is 4.05. The molecule has 3 rings (SSSR count). The Labute approximate surface area is 199 Å². The maximum atomic E-state index is 13.3. The molecule has 1 aliphatic rings. The Hall–Kier alpha value is -2.34. The van der Waals surface area contributed by atoms with Gasteiger partial charge < -0.3 is 15.0 Å². The van der Waals surface area contributed by atoms with E-state index < -0.39 is 6.04 Å². The van der Waals surface area contributed by atoms with Crippen molar-refractivity contribution in [2.75, 3.05) is 6.61 Å². The van der Waals surface area contributed by atoms with Gasteiger partial charge in [0.15, 0.2) is 6.61 Å². The number of rotatable bonds is 9. The minimum absolute atomic E-state index is 0.104. The summed E-state index contributed by atoms with van der Waals surface area (Å²) < 4.78 is 6.66. The highest BCUT2D eigenvalue weighted by Gasteiger charge is 2.29. The summed E-state index contributed by atoms with van der Waals surface area (Å²) in [7, 11) is 0. The topological polar surface area (TPSA) is 58.6 Å². The van der Waals surface area contributed by atoms with Crippen LogP contribution in [0.15, 0.2) is 46.9 Å². The zero-order valence-electron chi connectivity index (χ0n) is 19.2. The molecule has 1 atom stereocenters. The summed E-state index contributed by atoms with van der Waals surface area (Å²) in [6.07, 6.45) is 5.23. The van der Waals surface area contributed by atoms with Crippen LogP contribution in [-0.4, -0.2) is 35.4 Å². The Morgan fingerprint density at radius 1 is 1.19 bits per heavy atom. The number of carbonyl (C=O) groups excluding carboxylic acids is 2. The Bertz CT molecular complexity index is 940. The third-order valence-corrected chi connectivity index (χ3v) is 6.85. The Morgan fingerprint density at radius 3 is 2.56 bits per heavy atom. The van der Waals surface area contributed by atoms with Gasteiger partial charge in [-0.3, -0.25) is 9.59 Å². The van der Waals surface area contributed by atoms with E-state index in [1.807, 2.05) is 49.4 Å². The molecule has 2 amide bonds. The fraction of sp³-hybridized carbons (Fsp3) is 0.462. The molecular weight excluding hydrogens is 468 g/mol. The minimum atomic E-state index is -0.586. The maximum absolute atomic E-state index is 13.3. The van der Waals surface area contributed by atoms with E-state index in [1.165, 1.54) is 5.56 Å². The first-order chi connectivity index (χ1) is 15.4. The van der Waals surface area contributed by atoms with Gasteiger partial charge in [-0.15, -0.1) is 0 Å². The lowest BCUT2D eigenvalue weighted by atomic mass is 10.1. The molecule has 2 aromatic carbocycles. The standard InChI is InChI=1S/C26H33BrN2O3/c1-4-20-13-14-24(23(27)15-20)32-17-25(30)29(16-21-10-6-5-9-18(21)2)19(3)26(31)28-22-11-7-8-12-22/h5-6,9-10,13-15,19,22H,4,7-8,11-12,16-17H2,1-3H3,(H,28,31)/t19-/m1/s1. The van der Waals surface area contributed by atoms with Crippen LogP contribution in [-0.2, 0) is 22.6 Å². The van der Waals surface area contributed by atoms with Crippen LogP contribution in [0, 0.1) is 6.92 Å². The van der Waals surface area contributed by atoms with Crippen LogP contribution >= 0.6 is 15.9 Å². The Morgan fingerprint density at radius 2 is 1.91 bits per heavy atom. The average Bonchev–Trinajstić information content (AvgIpc) is 3.30. The lowest BCUT2D eigenvalue weighted by Gasteiger charge is -2.30. The van der Waals surface area contributed by atoms with Crippen molar-refractivity contribution >= 4 is 27.7 Å². The van der Waals surface area contributed by atoms with E-state index >= 15 is 0 Å². The number of benzene rings is 2. The molecule has 0 aliphatic heterocycles. The van der Waals surface area contributed by atoms with Crippen LogP contribution in [0.2, 0.25) is 0 Å². The normalized spacial score (nSPS) is 14.8. The Balaban J connectivity index is 1.73. The van der Waals surface area contributed by atoms with Gasteiger partial charge in [0.05, 0.1) is 4.47 Å². The molecule has 172 valence electrons. The molecular formula is C26H33BrN2O3. The van der Waals surface area contributed by atoms with Crippen molar-refractivity contribution in [2.45, 2.75) is 71.5 Å². The zero-order chi connectivity index (χ0) is 23.1. The molecule has 5 nitrogen and oxygen atoms in total. The van der Waals surface area contributed by atoms with E-state index in [9.17, 15) is 9.59 Å². The molecule has 0 heterocycles. The number of aryl methyl sites for hydroxylation is 2. The second-order valence-electron chi connectivity index (χ2n) is 8.52. The van der Waals surface area contributed by atoms with Gasteiger partial charge in [-0.2, -0.15) is 0 Å². The second kappa shape index (κ2) is 11.5. The number of carbonyl (C=O) groups is 2. The first kappa shape index (κ1) is 24.3. The number of nitrogens with zero attached hydrogens (tertiary/aromatic N) is 1. The molecule has 1 fully saturated rings. The van der Waals surface area contributed by atoms with Crippen molar-refractivity contribution in [3.63, 3.8) is 0 Å². The lowest BCUT2D eigenvalue weighted by Crippen LogP contribution is -2.50. The van der Waals surface area contributed by atoms with Crippen molar-refractivity contribution in [1.82, 2.24) is 10.2 Å². The molecule has 0 bridgehead atoms. The zero-order valence-corrected chi connectivity index (χ0v) is 20.8. The largest absolute Gasteiger partial charge is 0.483 e. The van der Waals surface area contributed by atoms with E-state index in [0.717, 1.165) is 47.7 Å². The molecule has 0 spiro atoms. The number of hydrogen-bond acceptors (Lipinski definition) is 3. The summed E-state index contributed by atoms with van der Waals surface area (Å²) in [5, 5.41) is 3.13. The van der Waals surface area contributed by atoms with Crippen LogP contribution in [0.3, 0.4) is 0 Å². The second-order valence-corrected chi connectivity index (χ2v) is 9.38. The van der Waals surface area contributed by atoms with Crippen LogP contribution in [0.25, 0.3) is 0 Å². The summed E-state index contributed by atoms with van der Waals surface area (Å²) in [5.41, 5.74) is 3.30. The van der Waals surface area contributed by atoms with E-state index in [1.54, 1.807) is 11.8 Å². The van der Waals surface area contributed by atoms with E-state index in [2.05, 4.69) is 28.2 Å². The van der Waals surface area contributed by atoms with Crippen LogP contribution in [0.4, 0.5) is 0 Å². The number of nitrogens with one attached hydrogen (secondary N) is 1. The molecule has 1 N–H and O–H groups in total. The van der Waals surface area contributed by atoms with Crippen LogP contribution in [0.1, 0.15) is 56.2 Å². The number of halogens is 1. The highest BCUT2D eigenvalue weighted by atomic mass is 79.9. The smallest absolute Gasteiger partial charge is 0.261 e. The summed E-state index contributed by atoms with van der Waals surface area (Å²) >= 11 is 3.53. The molecule has 32 heavy (non-hydrogen) atoms. The SMILES string of the molecule is CCc1ccc(OCC(=O)N(Cc2ccccc2C)[C@H](C)C(=O)NC2CCCC2)c(Br)c1. The third-order valence-electron chi connectivity index (χ3n) is 6.23. The highest BCUT2D eigenvalue weighted by molar-refractivity contribution is 9.10. The van der Waals surface area contributed by atoms with Crippen molar-refractivity contribution < 1.29 is 14.3 Å². The first-order valence-electron chi connectivity index (χ1n) is 11.4. The van der Waals surface area contributed by atoms with Gasteiger partial charge in [-0.1, -0.05) is 50.1 Å². The number of ether oxygens (including phenoxy) is 1. The molecule has 0 aromatic heterocycles. The number of hydrogen-bond donors (Lipinski definition) is 1. The molecule has 0 radical (unpaired) electrons. The lowest BCUT2D eigenvalue weighted by molar-refractivity contribution is -0.142. The average molecular weight is 501 g/mol. The monoisotopic (exact) mass is 500 g/mol. The third kappa shape index (κ3) is 6.35. The van der Waals surface area contributed by atoms with Gasteiger partial charge >= 0.3 is 0 Å². The summed E-state index contributed by atoms with van der Waals surface area (Å²) in [4.78, 5) is 27.8. The van der Waals surface area contributed by atoms with Crippen LogP contribution in [0.5, 0.6) is 5.75 Å². The van der Waals surface area contributed by atoms with Gasteiger partial charge in [0.1, 0.15) is 11.8 Å². The molecule has 0 saturated heterocycles. The predicted octanol–water partition coefficient (Wildman–Crippen LogP) is 5.17. The highest BCUT2D eigenvalue weighted by Crippen LogP contribution is 2.26. The quantitative estimate of drug-likeness (QED) is 0.516. The maximum Gasteiger partial charge on any atom is 0.261 e. The fourth-order valence-corrected chi connectivity index (χ4v) is 4.59. The molecule has 2 aromatic rings. The van der Waals surface area contributed by atoms with E-state index in [-0.39, 0.29) is 24.5 Å². The van der Waals surface area contributed by atoms with Gasteiger partial charge in [-0.25, -0.2) is 0 Å². The summed E-state index contributed by atoms with van der Waals surface area (Å²) in [5.74, 6) is 0.301. The van der Waals surface area contributed by atoms with Gasteiger partial charge in [0.2, 0.25) is 5.91 Å². The van der Waals surface area contributed by atoms with Gasteiger partial charge in [0, 0.05) is 12.6 Å². The summed E-state index contributed by atoms with van der Waals surface area (Å²) in [6.45, 7) is 6.14. The predicted molar refractivity (Wildman–Crippen MR) is 131 cm³/mol. The molecule has 6 heteroatoms. The van der Waals surface area contributed by atoms with Gasteiger partial charge in [0.25, 0.3) is 5.91 Å². The Kier molecular flexibility index (Phi) is 8.74. The van der Waals surface area contributed by atoms with Crippen molar-refractivity contribution in [2.24, 2.45) is 0 Å². The van der Waals surface area contributed by atoms with Crippen molar-refractivity contribution in [1.29, 1.82) is 0 Å². The van der Waals surface area contributed by atoms with Crippen LogP contribution < -0.4 is 10.1 Å². The summed E-state index contributed by atoms with van der Waals surface area (Å²) in [6, 6.07) is 13.4. The molecule has 1 aliphatic carbocycles.